The van der Waals surface area contributed by atoms with E-state index >= 15 is 0 Å². The Morgan fingerprint density at radius 3 is 3.14 bits per heavy atom. The Hall–Kier alpha value is -1.07. The number of nitrogens with zero attached hydrogens (tertiary/aromatic N) is 2. The summed E-state index contributed by atoms with van der Waals surface area (Å²) in [5, 5.41) is 0.989. The minimum absolute atomic E-state index is 0.277. The Labute approximate surface area is 130 Å². The van der Waals surface area contributed by atoms with E-state index < -0.39 is 0 Å². The number of aromatic nitrogens is 1. The minimum Gasteiger partial charge on any atom is -0.374 e. The van der Waals surface area contributed by atoms with Gasteiger partial charge in [0.15, 0.2) is 0 Å². The third-order valence-electron chi connectivity index (χ3n) is 4.26. The number of thioether (sulfide) groups is 1. The summed E-state index contributed by atoms with van der Waals surface area (Å²) in [6.45, 7) is 1.45. The number of rotatable bonds is 4. The van der Waals surface area contributed by atoms with Crippen LogP contribution in [0.3, 0.4) is 0 Å². The van der Waals surface area contributed by atoms with Crippen molar-refractivity contribution in [1.29, 1.82) is 0 Å². The van der Waals surface area contributed by atoms with E-state index in [4.69, 9.17) is 4.74 Å². The molecular formula is C16H22N2O2S. The maximum Gasteiger partial charge on any atom is 0.223 e. The van der Waals surface area contributed by atoms with Crippen LogP contribution in [-0.4, -0.2) is 46.8 Å². The summed E-state index contributed by atoms with van der Waals surface area (Å²) in [5.41, 5.74) is 0. The predicted molar refractivity (Wildman–Crippen MR) is 83.3 cm³/mol. The monoisotopic (exact) mass is 306 g/mol. The normalized spacial score (nSPS) is 25.4. The first-order valence-corrected chi connectivity index (χ1v) is 8.78. The molecule has 0 N–H and O–H groups in total. The highest BCUT2D eigenvalue weighted by Gasteiger charge is 2.36. The zero-order valence-corrected chi connectivity index (χ0v) is 13.1. The van der Waals surface area contributed by atoms with E-state index in [2.05, 4.69) is 9.88 Å². The van der Waals surface area contributed by atoms with Crippen molar-refractivity contribution in [2.75, 3.05) is 18.9 Å². The van der Waals surface area contributed by atoms with Crippen molar-refractivity contribution in [2.24, 2.45) is 0 Å². The van der Waals surface area contributed by atoms with Crippen LogP contribution in [0.1, 0.15) is 32.1 Å². The lowest BCUT2D eigenvalue weighted by atomic mass is 9.90. The largest absolute Gasteiger partial charge is 0.374 e. The third-order valence-corrected chi connectivity index (χ3v) is 5.20. The smallest absolute Gasteiger partial charge is 0.223 e. The molecule has 5 heteroatoms. The molecule has 1 amide bonds. The van der Waals surface area contributed by atoms with Gasteiger partial charge in [0.1, 0.15) is 0 Å². The predicted octanol–water partition coefficient (Wildman–Crippen LogP) is 2.73. The van der Waals surface area contributed by atoms with E-state index in [-0.39, 0.29) is 12.0 Å². The van der Waals surface area contributed by atoms with Crippen LogP contribution in [0, 0.1) is 0 Å². The van der Waals surface area contributed by atoms with Gasteiger partial charge in [0.25, 0.3) is 0 Å². The van der Waals surface area contributed by atoms with Gasteiger partial charge in [-0.3, -0.25) is 4.79 Å². The zero-order valence-electron chi connectivity index (χ0n) is 12.2. The van der Waals surface area contributed by atoms with Crippen LogP contribution in [0.2, 0.25) is 0 Å². The number of morpholine rings is 1. The topological polar surface area (TPSA) is 42.4 Å². The number of pyridine rings is 1. The second kappa shape index (κ2) is 7.27. The third kappa shape index (κ3) is 3.77. The summed E-state index contributed by atoms with van der Waals surface area (Å²) in [6.07, 6.45) is 7.32. The van der Waals surface area contributed by atoms with Gasteiger partial charge in [0.2, 0.25) is 5.91 Å². The minimum atomic E-state index is 0.277. The van der Waals surface area contributed by atoms with Gasteiger partial charge >= 0.3 is 0 Å². The number of fused-ring (bicyclic) bond motifs is 1. The Balaban J connectivity index is 1.50. The molecule has 1 saturated carbocycles. The van der Waals surface area contributed by atoms with E-state index in [0.717, 1.165) is 30.2 Å². The first-order valence-electron chi connectivity index (χ1n) is 7.79. The average molecular weight is 306 g/mol. The second-order valence-corrected chi connectivity index (χ2v) is 6.73. The van der Waals surface area contributed by atoms with Crippen molar-refractivity contribution in [2.45, 2.75) is 49.3 Å². The maximum absolute atomic E-state index is 12.5. The van der Waals surface area contributed by atoms with Crippen molar-refractivity contribution in [3.05, 3.63) is 24.4 Å². The van der Waals surface area contributed by atoms with Crippen LogP contribution in [0.5, 0.6) is 0 Å². The van der Waals surface area contributed by atoms with E-state index in [1.807, 2.05) is 18.2 Å². The van der Waals surface area contributed by atoms with Crippen LogP contribution in [-0.2, 0) is 9.53 Å². The van der Waals surface area contributed by atoms with Gasteiger partial charge in [-0.1, -0.05) is 18.9 Å². The van der Waals surface area contributed by atoms with E-state index in [9.17, 15) is 4.79 Å². The van der Waals surface area contributed by atoms with Crippen molar-refractivity contribution < 1.29 is 9.53 Å². The van der Waals surface area contributed by atoms with Crippen molar-refractivity contribution in [3.8, 4) is 0 Å². The molecule has 1 aliphatic carbocycles. The van der Waals surface area contributed by atoms with E-state index in [0.29, 0.717) is 19.1 Å². The number of hydrogen-bond donors (Lipinski definition) is 0. The second-order valence-electron chi connectivity index (χ2n) is 5.61. The first kappa shape index (κ1) is 14.9. The van der Waals surface area contributed by atoms with Crippen molar-refractivity contribution in [1.82, 2.24) is 9.88 Å². The van der Waals surface area contributed by atoms with Crippen molar-refractivity contribution in [3.63, 3.8) is 0 Å². The molecule has 0 spiro atoms. The summed E-state index contributed by atoms with van der Waals surface area (Å²) in [4.78, 5) is 18.8. The summed E-state index contributed by atoms with van der Waals surface area (Å²) < 4.78 is 5.83. The molecule has 1 aliphatic heterocycles. The Morgan fingerprint density at radius 1 is 1.38 bits per heavy atom. The van der Waals surface area contributed by atoms with Gasteiger partial charge in [-0.05, 0) is 25.0 Å². The van der Waals surface area contributed by atoms with Crippen LogP contribution < -0.4 is 0 Å². The molecule has 0 aromatic carbocycles. The number of ether oxygens (including phenoxy) is 1. The molecule has 2 fully saturated rings. The van der Waals surface area contributed by atoms with Gasteiger partial charge in [-0.15, -0.1) is 11.8 Å². The van der Waals surface area contributed by atoms with Gasteiger partial charge < -0.3 is 9.64 Å². The van der Waals surface area contributed by atoms with Crippen LogP contribution in [0.4, 0.5) is 0 Å². The Kier molecular flexibility index (Phi) is 5.14. The molecule has 0 radical (unpaired) electrons. The molecular weight excluding hydrogens is 284 g/mol. The fourth-order valence-corrected chi connectivity index (χ4v) is 4.02. The standard InChI is InChI=1S/C16H22N2O2S/c19-16(8-12-21-15-7-3-4-9-17-15)18-10-11-20-14-6-2-1-5-13(14)18/h3-4,7,9,13-14H,1-2,5-6,8,10-12H2/t13-,14-/m0/s1. The lowest BCUT2D eigenvalue weighted by Gasteiger charge is -2.43. The van der Waals surface area contributed by atoms with Gasteiger partial charge in [0, 0.05) is 24.9 Å². The molecule has 2 heterocycles. The number of amides is 1. The molecule has 0 bridgehead atoms. The van der Waals surface area contributed by atoms with Crippen LogP contribution in [0.25, 0.3) is 0 Å². The summed E-state index contributed by atoms with van der Waals surface area (Å²) in [5.74, 6) is 1.07. The molecule has 1 aromatic heterocycles. The molecule has 1 aromatic rings. The molecule has 2 aliphatic rings. The highest BCUT2D eigenvalue weighted by molar-refractivity contribution is 7.99. The SMILES string of the molecule is O=C(CCSc1ccccn1)N1CCO[C@H]2CCCC[C@@H]21. The maximum atomic E-state index is 12.5. The van der Waals surface area contributed by atoms with Crippen LogP contribution >= 0.6 is 11.8 Å². The summed E-state index contributed by atoms with van der Waals surface area (Å²) in [6, 6.07) is 6.19. The lowest BCUT2D eigenvalue weighted by Crippen LogP contribution is -2.54. The molecule has 114 valence electrons. The molecule has 4 nitrogen and oxygen atoms in total. The molecule has 1 saturated heterocycles. The Morgan fingerprint density at radius 2 is 2.29 bits per heavy atom. The van der Waals surface area contributed by atoms with E-state index in [1.54, 1.807) is 18.0 Å². The van der Waals surface area contributed by atoms with E-state index in [1.165, 1.54) is 12.8 Å². The van der Waals surface area contributed by atoms with Crippen molar-refractivity contribution >= 4 is 17.7 Å². The molecule has 0 unspecified atom stereocenters. The lowest BCUT2D eigenvalue weighted by molar-refractivity contribution is -0.149. The fraction of sp³-hybridized carbons (Fsp3) is 0.625. The molecule has 3 rings (SSSR count). The van der Waals surface area contributed by atoms with Gasteiger partial charge in [-0.2, -0.15) is 0 Å². The molecule has 2 atom stereocenters. The summed E-state index contributed by atoms with van der Waals surface area (Å²) in [7, 11) is 0. The Bertz CT molecular complexity index is 467. The fourth-order valence-electron chi connectivity index (χ4n) is 3.23. The number of hydrogen-bond acceptors (Lipinski definition) is 4. The number of carbonyl (C=O) groups is 1. The van der Waals surface area contributed by atoms with Gasteiger partial charge in [0.05, 0.1) is 23.8 Å². The van der Waals surface area contributed by atoms with Crippen LogP contribution in [0.15, 0.2) is 29.4 Å². The highest BCUT2D eigenvalue weighted by Crippen LogP contribution is 2.29. The number of carbonyl (C=O) groups excluding carboxylic acids is 1. The molecule has 21 heavy (non-hydrogen) atoms. The summed E-state index contributed by atoms with van der Waals surface area (Å²) >= 11 is 1.65. The average Bonchev–Trinajstić information content (AvgIpc) is 2.55. The van der Waals surface area contributed by atoms with Gasteiger partial charge in [-0.25, -0.2) is 4.98 Å². The first-order chi connectivity index (χ1) is 10.3. The zero-order chi connectivity index (χ0) is 14.5. The highest BCUT2D eigenvalue weighted by atomic mass is 32.2. The quantitative estimate of drug-likeness (QED) is 0.802.